The van der Waals surface area contributed by atoms with Gasteiger partial charge in [0.05, 0.1) is 13.2 Å². The maximum absolute atomic E-state index is 11.9. The Hall–Kier alpha value is -0.990. The fourth-order valence-corrected chi connectivity index (χ4v) is 3.36. The number of nitrogens with two attached hydrogens (primary N) is 2. The number of carbonyl (C=O) groups is 2. The van der Waals surface area contributed by atoms with Gasteiger partial charge in [0.15, 0.2) is 0 Å². The molecule has 0 bridgehead atoms. The SMILES string of the molecule is CC(C)COP(N)(=O)OCCCCNC(=O)CC[C@@H](C)NC(=O)CCCCCN. The lowest BCUT2D eigenvalue weighted by atomic mass is 10.1. The number of nitrogens with one attached hydrogen (secondary N) is 2. The minimum absolute atomic E-state index is 0.0181. The van der Waals surface area contributed by atoms with Crippen molar-refractivity contribution in [1.82, 2.24) is 10.6 Å². The number of amides is 2. The Morgan fingerprint density at radius 2 is 1.69 bits per heavy atom. The molecule has 0 rings (SSSR count). The average Bonchev–Trinajstić information content (AvgIpc) is 2.65. The average molecular weight is 437 g/mol. The Morgan fingerprint density at radius 1 is 0.966 bits per heavy atom. The Kier molecular flexibility index (Phi) is 16.2. The van der Waals surface area contributed by atoms with Crippen LogP contribution in [0.3, 0.4) is 0 Å². The number of rotatable bonds is 18. The number of unbranched alkanes of at least 4 members (excludes halogenated alkanes) is 3. The summed E-state index contributed by atoms with van der Waals surface area (Å²) in [5.74, 6) is 0.187. The molecule has 0 aliphatic heterocycles. The van der Waals surface area contributed by atoms with Crippen molar-refractivity contribution < 1.29 is 23.2 Å². The van der Waals surface area contributed by atoms with E-state index in [0.717, 1.165) is 19.3 Å². The van der Waals surface area contributed by atoms with Crippen molar-refractivity contribution in [2.45, 2.75) is 78.2 Å². The highest BCUT2D eigenvalue weighted by molar-refractivity contribution is 7.51. The molecule has 2 atom stereocenters. The predicted octanol–water partition coefficient (Wildman–Crippen LogP) is 2.44. The van der Waals surface area contributed by atoms with E-state index in [1.807, 2.05) is 20.8 Å². The summed E-state index contributed by atoms with van der Waals surface area (Å²) in [5, 5.41) is 5.74. The van der Waals surface area contributed by atoms with Gasteiger partial charge in [0, 0.05) is 25.4 Å². The first-order valence-corrected chi connectivity index (χ1v) is 12.2. The van der Waals surface area contributed by atoms with Crippen molar-refractivity contribution in [2.24, 2.45) is 17.2 Å². The van der Waals surface area contributed by atoms with Gasteiger partial charge in [-0.1, -0.05) is 20.3 Å². The molecule has 0 heterocycles. The van der Waals surface area contributed by atoms with Gasteiger partial charge in [-0.25, -0.2) is 10.1 Å². The molecule has 10 heteroatoms. The normalized spacial score (nSPS) is 14.4. The summed E-state index contributed by atoms with van der Waals surface area (Å²) in [6.45, 7) is 7.43. The molecule has 0 radical (unpaired) electrons. The predicted molar refractivity (Wildman–Crippen MR) is 115 cm³/mol. The molecule has 0 spiro atoms. The van der Waals surface area contributed by atoms with Crippen molar-refractivity contribution in [3.8, 4) is 0 Å². The third-order valence-corrected chi connectivity index (χ3v) is 5.12. The molecule has 0 aromatic heterocycles. The molecule has 2 amide bonds. The van der Waals surface area contributed by atoms with Crippen LogP contribution in [0.15, 0.2) is 0 Å². The van der Waals surface area contributed by atoms with Gasteiger partial charge in [-0.2, -0.15) is 0 Å². The molecule has 172 valence electrons. The van der Waals surface area contributed by atoms with E-state index in [4.69, 9.17) is 20.3 Å². The molecule has 0 aromatic rings. The van der Waals surface area contributed by atoms with Gasteiger partial charge in [-0.15, -0.1) is 0 Å². The van der Waals surface area contributed by atoms with E-state index in [1.165, 1.54) is 0 Å². The minimum atomic E-state index is -3.49. The number of hydrogen-bond acceptors (Lipinski definition) is 6. The molecule has 0 saturated carbocycles. The zero-order valence-electron chi connectivity index (χ0n) is 18.3. The molecule has 1 unspecified atom stereocenters. The van der Waals surface area contributed by atoms with E-state index in [2.05, 4.69) is 10.6 Å². The number of carbonyl (C=O) groups excluding carboxylic acids is 2. The molecule has 0 fully saturated rings. The zero-order chi connectivity index (χ0) is 22.1. The summed E-state index contributed by atoms with van der Waals surface area (Å²) in [5.41, 5.74) is 10.9. The molecule has 6 N–H and O–H groups in total. The second kappa shape index (κ2) is 16.8. The van der Waals surface area contributed by atoms with E-state index >= 15 is 0 Å². The third-order valence-electron chi connectivity index (χ3n) is 4.07. The van der Waals surface area contributed by atoms with Gasteiger partial charge < -0.3 is 16.4 Å². The van der Waals surface area contributed by atoms with Crippen molar-refractivity contribution in [3.05, 3.63) is 0 Å². The van der Waals surface area contributed by atoms with Crippen LogP contribution in [0.4, 0.5) is 0 Å². The third kappa shape index (κ3) is 18.8. The largest absolute Gasteiger partial charge is 0.402 e. The first-order chi connectivity index (χ1) is 13.7. The van der Waals surface area contributed by atoms with Crippen molar-refractivity contribution in [3.63, 3.8) is 0 Å². The van der Waals surface area contributed by atoms with Crippen molar-refractivity contribution in [2.75, 3.05) is 26.3 Å². The summed E-state index contributed by atoms with van der Waals surface area (Å²) < 4.78 is 22.0. The summed E-state index contributed by atoms with van der Waals surface area (Å²) in [6, 6.07) is -0.0410. The van der Waals surface area contributed by atoms with Crippen LogP contribution in [-0.4, -0.2) is 44.2 Å². The quantitative estimate of drug-likeness (QED) is 0.191. The van der Waals surface area contributed by atoms with Gasteiger partial charge in [-0.3, -0.25) is 18.6 Å². The Bertz CT molecular complexity index is 505. The summed E-state index contributed by atoms with van der Waals surface area (Å²) in [4.78, 5) is 23.7. The van der Waals surface area contributed by atoms with E-state index in [1.54, 1.807) is 0 Å². The lowest BCUT2D eigenvalue weighted by Crippen LogP contribution is -2.34. The van der Waals surface area contributed by atoms with Crippen LogP contribution in [0.2, 0.25) is 0 Å². The Morgan fingerprint density at radius 3 is 2.34 bits per heavy atom. The van der Waals surface area contributed by atoms with Crippen LogP contribution in [0.25, 0.3) is 0 Å². The van der Waals surface area contributed by atoms with Gasteiger partial charge in [0.25, 0.3) is 0 Å². The highest BCUT2D eigenvalue weighted by atomic mass is 31.2. The lowest BCUT2D eigenvalue weighted by molar-refractivity contribution is -0.123. The van der Waals surface area contributed by atoms with Crippen LogP contribution < -0.4 is 21.9 Å². The highest BCUT2D eigenvalue weighted by Crippen LogP contribution is 2.39. The molecular formula is C19H41N4O5P. The van der Waals surface area contributed by atoms with E-state index in [0.29, 0.717) is 45.2 Å². The molecule has 9 nitrogen and oxygen atoms in total. The monoisotopic (exact) mass is 436 g/mol. The van der Waals surface area contributed by atoms with E-state index < -0.39 is 7.75 Å². The van der Waals surface area contributed by atoms with Gasteiger partial charge in [0.1, 0.15) is 0 Å². The van der Waals surface area contributed by atoms with Crippen molar-refractivity contribution >= 4 is 19.6 Å². The molecule has 29 heavy (non-hydrogen) atoms. The molecule has 0 aromatic carbocycles. The fraction of sp³-hybridized carbons (Fsp3) is 0.895. The van der Waals surface area contributed by atoms with Crippen LogP contribution in [-0.2, 0) is 23.2 Å². The second-order valence-electron chi connectivity index (χ2n) is 7.73. The first-order valence-electron chi connectivity index (χ1n) is 10.6. The molecule has 0 aliphatic rings. The smallest absolute Gasteiger partial charge is 0.356 e. The number of hydrogen-bond donors (Lipinski definition) is 4. The van der Waals surface area contributed by atoms with Crippen molar-refractivity contribution in [1.29, 1.82) is 0 Å². The molecule has 0 aliphatic carbocycles. The van der Waals surface area contributed by atoms with Gasteiger partial charge in [-0.05, 0) is 51.5 Å². The van der Waals surface area contributed by atoms with Crippen LogP contribution in [0, 0.1) is 5.92 Å². The maximum atomic E-state index is 11.9. The zero-order valence-corrected chi connectivity index (χ0v) is 19.2. The Balaban J connectivity index is 3.69. The van der Waals surface area contributed by atoms with Crippen LogP contribution in [0.1, 0.15) is 72.1 Å². The summed E-state index contributed by atoms with van der Waals surface area (Å²) >= 11 is 0. The summed E-state index contributed by atoms with van der Waals surface area (Å²) in [6.07, 6.45) is 5.47. The summed E-state index contributed by atoms with van der Waals surface area (Å²) in [7, 11) is -3.49. The van der Waals surface area contributed by atoms with Crippen LogP contribution in [0.5, 0.6) is 0 Å². The Labute approximate surface area is 175 Å². The topological polar surface area (TPSA) is 146 Å². The standard InChI is InChI=1S/C19H41N4O5P/c1-16(2)15-28-29(21,26)27-14-8-7-13-22-18(24)11-10-17(3)23-19(25)9-5-4-6-12-20/h16-17H,4-15,20H2,1-3H3,(H2,21,26)(H,22,24)(H,23,25)/t17-,29?/m1/s1. The van der Waals surface area contributed by atoms with E-state index in [9.17, 15) is 14.2 Å². The van der Waals surface area contributed by atoms with Crippen LogP contribution >= 0.6 is 7.75 Å². The van der Waals surface area contributed by atoms with Gasteiger partial charge in [0.2, 0.25) is 11.8 Å². The minimum Gasteiger partial charge on any atom is -0.356 e. The maximum Gasteiger partial charge on any atom is 0.402 e. The molecular weight excluding hydrogens is 395 g/mol. The first kappa shape index (κ1) is 28.0. The highest BCUT2D eigenvalue weighted by Gasteiger charge is 2.18. The molecule has 0 saturated heterocycles. The van der Waals surface area contributed by atoms with Gasteiger partial charge >= 0.3 is 7.75 Å². The van der Waals surface area contributed by atoms with E-state index in [-0.39, 0.29) is 37.0 Å². The lowest BCUT2D eigenvalue weighted by Gasteiger charge is -2.15. The fourth-order valence-electron chi connectivity index (χ4n) is 2.40. The second-order valence-corrected chi connectivity index (χ2v) is 9.32.